The third kappa shape index (κ3) is 8.05. The van der Waals surface area contributed by atoms with Crippen molar-refractivity contribution in [1.29, 1.82) is 0 Å². The summed E-state index contributed by atoms with van der Waals surface area (Å²) in [5, 5.41) is 4.25. The molecule has 1 rings (SSSR count). The molecule has 122 valence electrons. The molecule has 1 aromatic carbocycles. The van der Waals surface area contributed by atoms with Gasteiger partial charge in [0.05, 0.1) is 5.56 Å². The maximum atomic E-state index is 5.96. The Morgan fingerprint density at radius 2 is 1.68 bits per heavy atom. The molecule has 0 fully saturated rings. The van der Waals surface area contributed by atoms with Crippen LogP contribution in [0, 0.1) is 0 Å². The summed E-state index contributed by atoms with van der Waals surface area (Å²) >= 11 is 7.74. The summed E-state index contributed by atoms with van der Waals surface area (Å²) in [6.07, 6.45) is 11.6. The minimum Gasteiger partial charge on any atom is -0.229 e. The highest BCUT2D eigenvalue weighted by Gasteiger charge is 2.10. The standard InChI is InChI=1S/C19H29ClNS/c1-4-5-6-7-8-9-10-11-16-22-19(21(2)3)17-12-14-18(20)15-13-17/h11-16H,4-10H2,1-3H3/q+1/b16-11-. The van der Waals surface area contributed by atoms with E-state index in [1.807, 2.05) is 12.1 Å². The topological polar surface area (TPSA) is 3.01 Å². The van der Waals surface area contributed by atoms with Gasteiger partial charge in [0.25, 0.3) is 0 Å². The summed E-state index contributed by atoms with van der Waals surface area (Å²) in [5.74, 6) is 0. The lowest BCUT2D eigenvalue weighted by Crippen LogP contribution is -2.10. The van der Waals surface area contributed by atoms with Crippen molar-refractivity contribution in [3.05, 3.63) is 46.3 Å². The fraction of sp³-hybridized carbons (Fsp3) is 0.526. The van der Waals surface area contributed by atoms with E-state index in [1.54, 1.807) is 11.8 Å². The largest absolute Gasteiger partial charge is 0.245 e. The van der Waals surface area contributed by atoms with Crippen LogP contribution < -0.4 is 0 Å². The number of halogens is 1. The number of benzene rings is 1. The Bertz CT molecular complexity index is 473. The van der Waals surface area contributed by atoms with Crippen LogP contribution in [-0.4, -0.2) is 23.7 Å². The van der Waals surface area contributed by atoms with Gasteiger partial charge in [0, 0.05) is 5.02 Å². The van der Waals surface area contributed by atoms with Gasteiger partial charge >= 0.3 is 0 Å². The molecule has 0 bridgehead atoms. The van der Waals surface area contributed by atoms with E-state index in [2.05, 4.69) is 49.2 Å². The normalized spacial score (nSPS) is 11.1. The van der Waals surface area contributed by atoms with Crippen LogP contribution >= 0.6 is 23.4 Å². The van der Waals surface area contributed by atoms with Crippen molar-refractivity contribution < 1.29 is 4.58 Å². The number of hydrogen-bond donors (Lipinski definition) is 0. The molecule has 0 amide bonds. The van der Waals surface area contributed by atoms with Crippen LogP contribution in [0.15, 0.2) is 35.7 Å². The van der Waals surface area contributed by atoms with Crippen molar-refractivity contribution in [2.24, 2.45) is 0 Å². The quantitative estimate of drug-likeness (QED) is 0.219. The van der Waals surface area contributed by atoms with E-state index < -0.39 is 0 Å². The van der Waals surface area contributed by atoms with Crippen LogP contribution in [0.25, 0.3) is 0 Å². The van der Waals surface area contributed by atoms with E-state index in [-0.39, 0.29) is 0 Å². The Morgan fingerprint density at radius 1 is 1.05 bits per heavy atom. The molecule has 22 heavy (non-hydrogen) atoms. The summed E-state index contributed by atoms with van der Waals surface area (Å²) in [6.45, 7) is 2.26. The number of nitrogens with zero attached hydrogens (tertiary/aromatic N) is 1. The molecule has 0 heterocycles. The van der Waals surface area contributed by atoms with E-state index in [1.165, 1.54) is 55.6 Å². The van der Waals surface area contributed by atoms with Crippen LogP contribution in [0.2, 0.25) is 5.02 Å². The lowest BCUT2D eigenvalue weighted by molar-refractivity contribution is -0.460. The number of unbranched alkanes of at least 4 members (excludes halogenated alkanes) is 6. The molecule has 0 aliphatic heterocycles. The first-order valence-electron chi connectivity index (χ1n) is 8.27. The molecule has 0 N–H and O–H groups in total. The molecule has 0 aliphatic rings. The molecule has 1 nitrogen and oxygen atoms in total. The van der Waals surface area contributed by atoms with Gasteiger partial charge in [-0.15, -0.1) is 0 Å². The second kappa shape index (κ2) is 11.8. The van der Waals surface area contributed by atoms with Crippen molar-refractivity contribution in [2.75, 3.05) is 14.1 Å². The van der Waals surface area contributed by atoms with Gasteiger partial charge in [-0.25, -0.2) is 4.58 Å². The minimum absolute atomic E-state index is 0.783. The summed E-state index contributed by atoms with van der Waals surface area (Å²) in [7, 11) is 4.16. The van der Waals surface area contributed by atoms with Crippen LogP contribution in [0.5, 0.6) is 0 Å². The predicted molar refractivity (Wildman–Crippen MR) is 102 cm³/mol. The van der Waals surface area contributed by atoms with Crippen molar-refractivity contribution in [3.63, 3.8) is 0 Å². The molecule has 0 atom stereocenters. The number of hydrogen-bond acceptors (Lipinski definition) is 1. The van der Waals surface area contributed by atoms with Crippen LogP contribution in [0.3, 0.4) is 0 Å². The van der Waals surface area contributed by atoms with Gasteiger partial charge in [-0.1, -0.05) is 56.7 Å². The highest BCUT2D eigenvalue weighted by molar-refractivity contribution is 8.16. The fourth-order valence-electron chi connectivity index (χ4n) is 2.25. The second-order valence-corrected chi connectivity index (χ2v) is 7.08. The van der Waals surface area contributed by atoms with Gasteiger partial charge in [0.15, 0.2) is 0 Å². The smallest absolute Gasteiger partial charge is 0.229 e. The van der Waals surface area contributed by atoms with Crippen molar-refractivity contribution in [3.8, 4) is 0 Å². The molecule has 0 radical (unpaired) electrons. The highest BCUT2D eigenvalue weighted by atomic mass is 35.5. The average molecular weight is 339 g/mol. The summed E-state index contributed by atoms with van der Waals surface area (Å²) in [4.78, 5) is 0. The first-order chi connectivity index (χ1) is 10.6. The molecular formula is C19H29ClNS+. The van der Waals surface area contributed by atoms with Gasteiger partial charge in [-0.3, -0.25) is 0 Å². The van der Waals surface area contributed by atoms with Crippen LogP contribution in [-0.2, 0) is 0 Å². The number of thioether (sulfide) groups is 1. The first kappa shape index (κ1) is 19.3. The predicted octanol–water partition coefficient (Wildman–Crippen LogP) is 6.36. The molecule has 3 heteroatoms. The molecule has 0 spiro atoms. The molecule has 0 aromatic heterocycles. The third-order valence-corrected chi connectivity index (χ3v) is 4.90. The van der Waals surface area contributed by atoms with Gasteiger partial charge < -0.3 is 0 Å². The molecule has 1 aromatic rings. The molecule has 0 saturated heterocycles. The average Bonchev–Trinajstić information content (AvgIpc) is 2.50. The van der Waals surface area contributed by atoms with E-state index in [9.17, 15) is 0 Å². The molecule has 0 aliphatic carbocycles. The zero-order chi connectivity index (χ0) is 16.2. The zero-order valence-corrected chi connectivity index (χ0v) is 15.7. The molecular weight excluding hydrogens is 310 g/mol. The van der Waals surface area contributed by atoms with Gasteiger partial charge in [0.2, 0.25) is 5.04 Å². The van der Waals surface area contributed by atoms with Crippen LogP contribution in [0.4, 0.5) is 0 Å². The molecule has 0 saturated carbocycles. The molecule has 0 unspecified atom stereocenters. The Balaban J connectivity index is 2.35. The van der Waals surface area contributed by atoms with Gasteiger partial charge in [-0.2, -0.15) is 0 Å². The highest BCUT2D eigenvalue weighted by Crippen LogP contribution is 2.18. The Kier molecular flexibility index (Phi) is 10.3. The van der Waals surface area contributed by atoms with E-state index in [4.69, 9.17) is 11.6 Å². The number of allylic oxidation sites excluding steroid dienone is 1. The second-order valence-electron chi connectivity index (χ2n) is 5.75. The summed E-state index contributed by atoms with van der Waals surface area (Å²) in [6, 6.07) is 8.04. The zero-order valence-electron chi connectivity index (χ0n) is 14.1. The van der Waals surface area contributed by atoms with E-state index in [0.29, 0.717) is 0 Å². The Hall–Kier alpha value is -0.730. The van der Waals surface area contributed by atoms with Gasteiger partial charge in [0.1, 0.15) is 14.1 Å². The van der Waals surface area contributed by atoms with Crippen molar-refractivity contribution in [2.45, 2.75) is 51.9 Å². The van der Waals surface area contributed by atoms with Crippen molar-refractivity contribution in [1.82, 2.24) is 0 Å². The van der Waals surface area contributed by atoms with Crippen LogP contribution in [0.1, 0.15) is 57.4 Å². The Morgan fingerprint density at radius 3 is 2.32 bits per heavy atom. The van der Waals surface area contributed by atoms with E-state index in [0.717, 1.165) is 5.02 Å². The minimum atomic E-state index is 0.783. The lowest BCUT2D eigenvalue weighted by Gasteiger charge is -2.02. The maximum Gasteiger partial charge on any atom is 0.245 e. The Labute approximate surface area is 145 Å². The monoisotopic (exact) mass is 338 g/mol. The number of rotatable bonds is 9. The first-order valence-corrected chi connectivity index (χ1v) is 9.52. The summed E-state index contributed by atoms with van der Waals surface area (Å²) < 4.78 is 2.16. The van der Waals surface area contributed by atoms with Crippen molar-refractivity contribution >= 4 is 28.4 Å². The van der Waals surface area contributed by atoms with E-state index >= 15 is 0 Å². The lowest BCUT2D eigenvalue weighted by atomic mass is 10.1. The van der Waals surface area contributed by atoms with Gasteiger partial charge in [-0.05, 0) is 54.3 Å². The SMILES string of the molecule is CCCCCCCC/C=C\SC(c1ccc(Cl)cc1)=[N+](C)C. The summed E-state index contributed by atoms with van der Waals surface area (Å²) in [5.41, 5.74) is 1.21. The maximum absolute atomic E-state index is 5.96. The fourth-order valence-corrected chi connectivity index (χ4v) is 3.22. The third-order valence-electron chi connectivity index (χ3n) is 3.50.